The second-order valence-corrected chi connectivity index (χ2v) is 5.88. The minimum atomic E-state index is 0.0627. The molecule has 1 saturated carbocycles. The normalized spacial score (nSPS) is 14.8. The van der Waals surface area contributed by atoms with Crippen LogP contribution in [0.5, 0.6) is 5.75 Å². The van der Waals surface area contributed by atoms with Crippen LogP contribution in [0.15, 0.2) is 28.8 Å². The fraction of sp³-hybridized carbons (Fsp3) is 0.471. The predicted octanol–water partition coefficient (Wildman–Crippen LogP) is 2.94. The van der Waals surface area contributed by atoms with Gasteiger partial charge in [-0.1, -0.05) is 18.0 Å². The van der Waals surface area contributed by atoms with Gasteiger partial charge in [-0.25, -0.2) is 0 Å². The van der Waals surface area contributed by atoms with Crippen molar-refractivity contribution in [2.75, 3.05) is 7.11 Å². The second kappa shape index (κ2) is 7.26. The molecule has 1 N–H and O–H groups in total. The SMILES string of the molecule is COc1ccc(-c2nc(CNC(=O)CC3CCCC3)no2)cc1. The van der Waals surface area contributed by atoms with Crippen molar-refractivity contribution in [3.8, 4) is 17.2 Å². The molecule has 0 atom stereocenters. The van der Waals surface area contributed by atoms with Crippen molar-refractivity contribution in [1.29, 1.82) is 0 Å². The molecular formula is C17H21N3O3. The molecule has 23 heavy (non-hydrogen) atoms. The molecule has 3 rings (SSSR count). The maximum atomic E-state index is 11.9. The van der Waals surface area contributed by atoms with E-state index in [9.17, 15) is 4.79 Å². The van der Waals surface area contributed by atoms with Crippen molar-refractivity contribution in [2.24, 2.45) is 5.92 Å². The summed E-state index contributed by atoms with van der Waals surface area (Å²) < 4.78 is 10.4. The fourth-order valence-corrected chi connectivity index (χ4v) is 2.90. The van der Waals surface area contributed by atoms with Crippen LogP contribution in [0.25, 0.3) is 11.5 Å². The molecule has 0 unspecified atom stereocenters. The van der Waals surface area contributed by atoms with Gasteiger partial charge in [0.1, 0.15) is 5.75 Å². The van der Waals surface area contributed by atoms with Crippen LogP contribution in [0.3, 0.4) is 0 Å². The summed E-state index contributed by atoms with van der Waals surface area (Å²) in [6.45, 7) is 0.297. The van der Waals surface area contributed by atoms with Gasteiger partial charge in [0, 0.05) is 12.0 Å². The molecule has 1 heterocycles. The third kappa shape index (κ3) is 4.09. The number of methoxy groups -OCH3 is 1. The van der Waals surface area contributed by atoms with Crippen LogP contribution < -0.4 is 10.1 Å². The Hall–Kier alpha value is -2.37. The third-order valence-electron chi connectivity index (χ3n) is 4.20. The molecular weight excluding hydrogens is 294 g/mol. The third-order valence-corrected chi connectivity index (χ3v) is 4.20. The van der Waals surface area contributed by atoms with Crippen LogP contribution in [0.2, 0.25) is 0 Å². The zero-order valence-corrected chi connectivity index (χ0v) is 13.2. The van der Waals surface area contributed by atoms with E-state index in [4.69, 9.17) is 9.26 Å². The number of aromatic nitrogens is 2. The Morgan fingerprint density at radius 2 is 2.04 bits per heavy atom. The van der Waals surface area contributed by atoms with E-state index in [2.05, 4.69) is 15.5 Å². The lowest BCUT2D eigenvalue weighted by Crippen LogP contribution is -2.25. The van der Waals surface area contributed by atoms with E-state index < -0.39 is 0 Å². The number of benzene rings is 1. The Balaban J connectivity index is 1.53. The van der Waals surface area contributed by atoms with Gasteiger partial charge in [-0.3, -0.25) is 4.79 Å². The number of nitrogens with one attached hydrogen (secondary N) is 1. The van der Waals surface area contributed by atoms with Gasteiger partial charge in [0.25, 0.3) is 5.89 Å². The molecule has 1 aliphatic carbocycles. The highest BCUT2D eigenvalue weighted by Crippen LogP contribution is 2.27. The summed E-state index contributed by atoms with van der Waals surface area (Å²) in [5.74, 6) is 2.29. The van der Waals surface area contributed by atoms with Crippen molar-refractivity contribution in [2.45, 2.75) is 38.6 Å². The topological polar surface area (TPSA) is 77.2 Å². The molecule has 1 amide bonds. The van der Waals surface area contributed by atoms with Crippen molar-refractivity contribution >= 4 is 5.91 Å². The van der Waals surface area contributed by atoms with Crippen molar-refractivity contribution < 1.29 is 14.1 Å². The Kier molecular flexibility index (Phi) is 4.90. The van der Waals surface area contributed by atoms with Gasteiger partial charge in [0.2, 0.25) is 5.91 Å². The average molecular weight is 315 g/mol. The molecule has 1 fully saturated rings. The molecule has 0 spiro atoms. The summed E-state index contributed by atoms with van der Waals surface area (Å²) in [5.41, 5.74) is 0.821. The quantitative estimate of drug-likeness (QED) is 0.887. The van der Waals surface area contributed by atoms with Gasteiger partial charge in [0.15, 0.2) is 5.82 Å². The lowest BCUT2D eigenvalue weighted by molar-refractivity contribution is -0.122. The van der Waals surface area contributed by atoms with Crippen LogP contribution in [-0.4, -0.2) is 23.2 Å². The number of hydrogen-bond donors (Lipinski definition) is 1. The molecule has 1 aromatic heterocycles. The molecule has 6 heteroatoms. The molecule has 0 aliphatic heterocycles. The first kappa shape index (κ1) is 15.5. The zero-order valence-electron chi connectivity index (χ0n) is 13.2. The molecule has 2 aromatic rings. The number of ether oxygens (including phenoxy) is 1. The summed E-state index contributed by atoms with van der Waals surface area (Å²) in [4.78, 5) is 16.2. The largest absolute Gasteiger partial charge is 0.497 e. The van der Waals surface area contributed by atoms with Crippen LogP contribution >= 0.6 is 0 Å². The highest BCUT2D eigenvalue weighted by Gasteiger charge is 2.18. The van der Waals surface area contributed by atoms with E-state index in [0.29, 0.717) is 30.6 Å². The first-order valence-electron chi connectivity index (χ1n) is 7.98. The number of carbonyl (C=O) groups excluding carboxylic acids is 1. The smallest absolute Gasteiger partial charge is 0.257 e. The Labute approximate surface area is 135 Å². The van der Waals surface area contributed by atoms with E-state index >= 15 is 0 Å². The Morgan fingerprint density at radius 3 is 2.74 bits per heavy atom. The minimum Gasteiger partial charge on any atom is -0.497 e. The summed E-state index contributed by atoms with van der Waals surface area (Å²) in [6.07, 6.45) is 5.42. The number of carbonyl (C=O) groups is 1. The number of amides is 1. The average Bonchev–Trinajstić information content (AvgIpc) is 3.25. The summed E-state index contributed by atoms with van der Waals surface area (Å²) >= 11 is 0. The lowest BCUT2D eigenvalue weighted by Gasteiger charge is -2.07. The molecule has 0 radical (unpaired) electrons. The molecule has 6 nitrogen and oxygen atoms in total. The highest BCUT2D eigenvalue weighted by atomic mass is 16.5. The van der Waals surface area contributed by atoms with E-state index in [1.165, 1.54) is 12.8 Å². The lowest BCUT2D eigenvalue weighted by atomic mass is 10.0. The van der Waals surface area contributed by atoms with Crippen LogP contribution in [0, 0.1) is 5.92 Å². The standard InChI is InChI=1S/C17H21N3O3/c1-22-14-8-6-13(7-9-14)17-19-15(20-23-17)11-18-16(21)10-12-4-2-3-5-12/h6-9,12H,2-5,10-11H2,1H3,(H,18,21). The second-order valence-electron chi connectivity index (χ2n) is 5.88. The molecule has 1 aliphatic rings. The zero-order chi connectivity index (χ0) is 16.1. The van der Waals surface area contributed by atoms with Gasteiger partial charge < -0.3 is 14.6 Å². The first-order chi connectivity index (χ1) is 11.2. The predicted molar refractivity (Wildman–Crippen MR) is 84.7 cm³/mol. The molecule has 0 saturated heterocycles. The summed E-state index contributed by atoms with van der Waals surface area (Å²) in [7, 11) is 1.62. The van der Waals surface area contributed by atoms with E-state index in [1.54, 1.807) is 7.11 Å². The highest BCUT2D eigenvalue weighted by molar-refractivity contribution is 5.76. The molecule has 122 valence electrons. The van der Waals surface area contributed by atoms with E-state index in [1.807, 2.05) is 24.3 Å². The van der Waals surface area contributed by atoms with Gasteiger partial charge in [0.05, 0.1) is 13.7 Å². The van der Waals surface area contributed by atoms with Crippen LogP contribution in [0.1, 0.15) is 37.9 Å². The van der Waals surface area contributed by atoms with E-state index in [-0.39, 0.29) is 5.91 Å². The maximum absolute atomic E-state index is 11.9. The van der Waals surface area contributed by atoms with Gasteiger partial charge >= 0.3 is 0 Å². The van der Waals surface area contributed by atoms with Crippen molar-refractivity contribution in [3.05, 3.63) is 30.1 Å². The monoisotopic (exact) mass is 315 g/mol. The van der Waals surface area contributed by atoms with Crippen molar-refractivity contribution in [1.82, 2.24) is 15.5 Å². The summed E-state index contributed by atoms with van der Waals surface area (Å²) in [6, 6.07) is 7.38. The maximum Gasteiger partial charge on any atom is 0.257 e. The van der Waals surface area contributed by atoms with Crippen LogP contribution in [0.4, 0.5) is 0 Å². The van der Waals surface area contributed by atoms with E-state index in [0.717, 1.165) is 24.2 Å². The minimum absolute atomic E-state index is 0.0627. The van der Waals surface area contributed by atoms with Gasteiger partial charge in [-0.15, -0.1) is 0 Å². The Bertz CT molecular complexity index is 645. The molecule has 0 bridgehead atoms. The Morgan fingerprint density at radius 1 is 1.30 bits per heavy atom. The van der Waals surface area contributed by atoms with Gasteiger partial charge in [-0.2, -0.15) is 4.98 Å². The molecule has 1 aromatic carbocycles. The first-order valence-corrected chi connectivity index (χ1v) is 7.98. The van der Waals surface area contributed by atoms with Crippen molar-refractivity contribution in [3.63, 3.8) is 0 Å². The fourth-order valence-electron chi connectivity index (χ4n) is 2.90. The van der Waals surface area contributed by atoms with Crippen LogP contribution in [-0.2, 0) is 11.3 Å². The van der Waals surface area contributed by atoms with Gasteiger partial charge in [-0.05, 0) is 43.0 Å². The number of rotatable bonds is 6. The summed E-state index contributed by atoms with van der Waals surface area (Å²) in [5, 5.41) is 6.77. The number of hydrogen-bond acceptors (Lipinski definition) is 5. The number of nitrogens with zero attached hydrogens (tertiary/aromatic N) is 2.